The van der Waals surface area contributed by atoms with Crippen LogP contribution >= 0.6 is 0 Å². The average molecular weight is 332 g/mol. The predicted molar refractivity (Wildman–Crippen MR) is 84.9 cm³/mol. The summed E-state index contributed by atoms with van der Waals surface area (Å²) in [6.07, 6.45) is 4.61. The maximum Gasteiger partial charge on any atom is 0.294 e. The molecule has 0 aromatic heterocycles. The predicted octanol–water partition coefficient (Wildman–Crippen LogP) is 0.505. The normalized spacial score (nSPS) is 11.6. The van der Waals surface area contributed by atoms with E-state index >= 15 is 0 Å². The van der Waals surface area contributed by atoms with Gasteiger partial charge in [-0.15, -0.1) is 10.1 Å². The quantitative estimate of drug-likeness (QED) is 0.241. The van der Waals surface area contributed by atoms with Gasteiger partial charge in [-0.25, -0.2) is 0 Å². The van der Waals surface area contributed by atoms with Crippen LogP contribution in [0.3, 0.4) is 0 Å². The van der Waals surface area contributed by atoms with Crippen LogP contribution in [-0.4, -0.2) is 42.6 Å². The summed E-state index contributed by atoms with van der Waals surface area (Å²) in [4.78, 5) is 37.3. The van der Waals surface area contributed by atoms with E-state index in [0.717, 1.165) is 19.3 Å². The average Bonchev–Trinajstić information content (AvgIpc) is 2.52. The Balaban J connectivity index is 3.59. The molecule has 23 heavy (non-hydrogen) atoms. The second kappa shape index (κ2) is 13.7. The largest absolute Gasteiger partial charge is 0.356 e. The van der Waals surface area contributed by atoms with Crippen molar-refractivity contribution in [2.45, 2.75) is 57.9 Å². The topological polar surface area (TPSA) is 137 Å². The Morgan fingerprint density at radius 3 is 2.48 bits per heavy atom. The summed E-state index contributed by atoms with van der Waals surface area (Å²) >= 11 is 0. The Kier molecular flexibility index (Phi) is 12.6. The van der Waals surface area contributed by atoms with E-state index in [0.29, 0.717) is 25.9 Å². The molecule has 0 saturated carbocycles. The van der Waals surface area contributed by atoms with Gasteiger partial charge in [0.05, 0.1) is 12.6 Å². The van der Waals surface area contributed by atoms with E-state index in [4.69, 9.17) is 5.73 Å². The van der Waals surface area contributed by atoms with Gasteiger partial charge < -0.3 is 21.2 Å². The van der Waals surface area contributed by atoms with E-state index in [1.165, 1.54) is 0 Å². The van der Waals surface area contributed by atoms with Crippen LogP contribution in [-0.2, 0) is 14.4 Å². The number of unbranched alkanes of at least 4 members (excludes halogenated alkanes) is 3. The molecule has 0 aromatic carbocycles. The van der Waals surface area contributed by atoms with Crippen LogP contribution in [0.15, 0.2) is 0 Å². The molecule has 0 aromatic rings. The number of nitrogens with one attached hydrogen (secondary N) is 2. The fourth-order valence-corrected chi connectivity index (χ4v) is 1.82. The van der Waals surface area contributed by atoms with Crippen molar-refractivity contribution in [3.8, 4) is 0 Å². The zero-order valence-corrected chi connectivity index (χ0v) is 13.7. The maximum atomic E-state index is 11.7. The van der Waals surface area contributed by atoms with Gasteiger partial charge in [-0.3, -0.25) is 9.59 Å². The summed E-state index contributed by atoms with van der Waals surface area (Å²) < 4.78 is 0. The number of nitrogens with two attached hydrogens (primary N) is 1. The van der Waals surface area contributed by atoms with E-state index in [9.17, 15) is 19.7 Å². The van der Waals surface area contributed by atoms with Crippen LogP contribution in [0.4, 0.5) is 0 Å². The van der Waals surface area contributed by atoms with Crippen molar-refractivity contribution in [2.75, 3.05) is 19.7 Å². The molecule has 0 rings (SSSR count). The summed E-state index contributed by atoms with van der Waals surface area (Å²) in [6.45, 7) is 3.13. The Morgan fingerprint density at radius 1 is 1.17 bits per heavy atom. The Hall–Kier alpha value is -1.90. The number of hydrogen-bond donors (Lipinski definition) is 3. The van der Waals surface area contributed by atoms with Gasteiger partial charge in [-0.1, -0.05) is 19.8 Å². The van der Waals surface area contributed by atoms with Crippen molar-refractivity contribution in [3.63, 3.8) is 0 Å². The van der Waals surface area contributed by atoms with Gasteiger partial charge >= 0.3 is 0 Å². The second-order valence-corrected chi connectivity index (χ2v) is 5.26. The van der Waals surface area contributed by atoms with E-state index in [1.54, 1.807) is 0 Å². The monoisotopic (exact) mass is 332 g/mol. The molecule has 0 aliphatic heterocycles. The molecular weight excluding hydrogens is 304 g/mol. The molecule has 0 aliphatic rings. The molecule has 0 bridgehead atoms. The van der Waals surface area contributed by atoms with Gasteiger partial charge in [0.15, 0.2) is 0 Å². The minimum atomic E-state index is -0.840. The van der Waals surface area contributed by atoms with E-state index in [-0.39, 0.29) is 31.3 Å². The fourth-order valence-electron chi connectivity index (χ4n) is 1.82. The third-order valence-electron chi connectivity index (χ3n) is 3.19. The van der Waals surface area contributed by atoms with Gasteiger partial charge in [0.25, 0.3) is 5.09 Å². The van der Waals surface area contributed by atoms with Gasteiger partial charge in [-0.05, 0) is 25.7 Å². The van der Waals surface area contributed by atoms with Crippen LogP contribution in [0.5, 0.6) is 0 Å². The highest BCUT2D eigenvalue weighted by Gasteiger charge is 2.14. The first-order valence-electron chi connectivity index (χ1n) is 8.04. The second-order valence-electron chi connectivity index (χ2n) is 5.26. The summed E-state index contributed by atoms with van der Waals surface area (Å²) in [5.74, 6) is -0.416. The molecule has 0 spiro atoms. The molecule has 9 nitrogen and oxygen atoms in total. The fraction of sp³-hybridized carbons (Fsp3) is 0.857. The van der Waals surface area contributed by atoms with Gasteiger partial charge in [-0.2, -0.15) is 0 Å². The molecule has 1 atom stereocenters. The van der Waals surface area contributed by atoms with Crippen molar-refractivity contribution in [2.24, 2.45) is 5.73 Å². The highest BCUT2D eigenvalue weighted by molar-refractivity contribution is 5.82. The minimum absolute atomic E-state index is 0.0198. The summed E-state index contributed by atoms with van der Waals surface area (Å²) in [6, 6.07) is -0.684. The highest BCUT2D eigenvalue weighted by Crippen LogP contribution is 1.97. The van der Waals surface area contributed by atoms with Crippen molar-refractivity contribution in [1.29, 1.82) is 0 Å². The first-order chi connectivity index (χ1) is 11.0. The molecule has 4 N–H and O–H groups in total. The maximum absolute atomic E-state index is 11.7. The van der Waals surface area contributed by atoms with Crippen LogP contribution in [0.2, 0.25) is 0 Å². The highest BCUT2D eigenvalue weighted by atomic mass is 16.9. The first-order valence-corrected chi connectivity index (χ1v) is 8.04. The van der Waals surface area contributed by atoms with E-state index in [2.05, 4.69) is 22.4 Å². The van der Waals surface area contributed by atoms with Crippen LogP contribution < -0.4 is 16.4 Å². The van der Waals surface area contributed by atoms with Crippen LogP contribution in [0.25, 0.3) is 0 Å². The van der Waals surface area contributed by atoms with Crippen molar-refractivity contribution >= 4 is 11.8 Å². The number of hydrogen-bond acceptors (Lipinski definition) is 6. The lowest BCUT2D eigenvalue weighted by molar-refractivity contribution is -0.757. The molecule has 0 aliphatic carbocycles. The SMILES string of the molecule is CCCCCNC(=O)C(N)CCC(=O)NCCCCO[N+](=O)[O-]. The molecule has 0 heterocycles. The zero-order valence-electron chi connectivity index (χ0n) is 13.7. The van der Waals surface area contributed by atoms with Crippen LogP contribution in [0, 0.1) is 10.1 Å². The van der Waals surface area contributed by atoms with E-state index in [1.807, 2.05) is 0 Å². The van der Waals surface area contributed by atoms with Crippen molar-refractivity contribution in [1.82, 2.24) is 10.6 Å². The summed E-state index contributed by atoms with van der Waals surface area (Å²) in [5, 5.41) is 14.5. The number of amides is 2. The third-order valence-corrected chi connectivity index (χ3v) is 3.19. The lowest BCUT2D eigenvalue weighted by atomic mass is 10.1. The standard InChI is InChI=1S/C14H28N4O5/c1-2-3-4-10-17-14(20)12(15)7-8-13(19)16-9-5-6-11-23-18(21)22/h12H,2-11,15H2,1H3,(H,16,19)(H,17,20). The van der Waals surface area contributed by atoms with Crippen molar-refractivity contribution < 1.29 is 19.5 Å². The van der Waals surface area contributed by atoms with Crippen LogP contribution in [0.1, 0.15) is 51.9 Å². The van der Waals surface area contributed by atoms with Gasteiger partial charge in [0.1, 0.15) is 0 Å². The summed E-state index contributed by atoms with van der Waals surface area (Å²) in [5.41, 5.74) is 5.73. The molecule has 1 unspecified atom stereocenters. The Bertz CT molecular complexity index is 365. The Morgan fingerprint density at radius 2 is 1.83 bits per heavy atom. The number of carbonyl (C=O) groups is 2. The zero-order chi connectivity index (χ0) is 17.5. The summed E-state index contributed by atoms with van der Waals surface area (Å²) in [7, 11) is 0. The third kappa shape index (κ3) is 13.5. The molecule has 0 radical (unpaired) electrons. The first kappa shape index (κ1) is 21.1. The molecule has 9 heteroatoms. The lowest BCUT2D eigenvalue weighted by Crippen LogP contribution is -2.41. The molecule has 0 fully saturated rings. The Labute approximate surface area is 136 Å². The lowest BCUT2D eigenvalue weighted by Gasteiger charge is -2.12. The molecule has 2 amide bonds. The van der Waals surface area contributed by atoms with E-state index < -0.39 is 11.1 Å². The number of carbonyl (C=O) groups excluding carboxylic acids is 2. The van der Waals surface area contributed by atoms with Crippen molar-refractivity contribution in [3.05, 3.63) is 10.1 Å². The molecule has 134 valence electrons. The smallest absolute Gasteiger partial charge is 0.294 e. The number of nitrogens with zero attached hydrogens (tertiary/aromatic N) is 1. The van der Waals surface area contributed by atoms with Gasteiger partial charge in [0.2, 0.25) is 11.8 Å². The number of rotatable bonds is 14. The molecule has 0 saturated heterocycles. The van der Waals surface area contributed by atoms with Gasteiger partial charge in [0, 0.05) is 19.5 Å². The minimum Gasteiger partial charge on any atom is -0.356 e. The molecular formula is C14H28N4O5.